The Bertz CT molecular complexity index is 573. The Balaban J connectivity index is 2.35. The van der Waals surface area contributed by atoms with Crippen LogP contribution < -0.4 is 10.4 Å². The molecule has 0 radical (unpaired) electrons. The molecule has 0 saturated heterocycles. The van der Waals surface area contributed by atoms with Crippen molar-refractivity contribution < 1.29 is 4.74 Å². The summed E-state index contributed by atoms with van der Waals surface area (Å²) in [5.74, 6) is 0.235. The summed E-state index contributed by atoms with van der Waals surface area (Å²) < 4.78 is 6.65. The Morgan fingerprint density at radius 1 is 1.41 bits per heavy atom. The van der Waals surface area contributed by atoms with Gasteiger partial charge >= 0.3 is 0 Å². The average molecular weight is 248 g/mol. The van der Waals surface area contributed by atoms with Gasteiger partial charge in [-0.25, -0.2) is 3.96 Å². The van der Waals surface area contributed by atoms with E-state index in [0.29, 0.717) is 11.8 Å². The number of rotatable bonds is 3. The third-order valence-electron chi connectivity index (χ3n) is 2.08. The van der Waals surface area contributed by atoms with Crippen LogP contribution in [0.5, 0.6) is 5.19 Å². The molecule has 0 fully saturated rings. The van der Waals surface area contributed by atoms with Crippen LogP contribution in [0.3, 0.4) is 0 Å². The zero-order chi connectivity index (χ0) is 12.3. The molecular weight excluding hydrogens is 236 g/mol. The predicted molar refractivity (Wildman–Crippen MR) is 65.8 cm³/mol. The molecule has 0 bridgehead atoms. The molecule has 0 saturated carbocycles. The van der Waals surface area contributed by atoms with Crippen LogP contribution in [0.1, 0.15) is 12.5 Å². The fourth-order valence-corrected chi connectivity index (χ4v) is 2.10. The Morgan fingerprint density at radius 2 is 2.12 bits per heavy atom. The molecule has 0 aliphatic heterocycles. The van der Waals surface area contributed by atoms with Gasteiger partial charge in [-0.15, -0.1) is 0 Å². The minimum Gasteiger partial charge on any atom is -0.469 e. The third-order valence-corrected chi connectivity index (χ3v) is 2.98. The molecule has 0 aliphatic carbocycles. The molecule has 0 atom stereocenters. The lowest BCUT2D eigenvalue weighted by molar-refractivity contribution is 0.337. The second-order valence-electron chi connectivity index (χ2n) is 3.23. The highest BCUT2D eigenvalue weighted by molar-refractivity contribution is 7.09. The smallest absolute Gasteiger partial charge is 0.293 e. The van der Waals surface area contributed by atoms with E-state index in [1.807, 2.05) is 37.3 Å². The van der Waals surface area contributed by atoms with E-state index in [4.69, 9.17) is 15.6 Å². The van der Waals surface area contributed by atoms with E-state index in [-0.39, 0.29) is 11.5 Å². The van der Waals surface area contributed by atoms with Gasteiger partial charge in [0.05, 0.1) is 6.61 Å². The Kier molecular flexibility index (Phi) is 3.34. The van der Waals surface area contributed by atoms with Crippen molar-refractivity contribution >= 4 is 17.4 Å². The Morgan fingerprint density at radius 3 is 2.76 bits per heavy atom. The van der Waals surface area contributed by atoms with Gasteiger partial charge in [0.25, 0.3) is 5.19 Å². The fraction of sp³-hybridized carbons (Fsp3) is 0.182. The van der Waals surface area contributed by atoms with Crippen LogP contribution in [0.2, 0.25) is 0 Å². The van der Waals surface area contributed by atoms with Gasteiger partial charge in [0.1, 0.15) is 5.84 Å². The molecule has 0 aliphatic rings. The maximum absolute atomic E-state index is 8.01. The van der Waals surface area contributed by atoms with E-state index < -0.39 is 0 Å². The first kappa shape index (κ1) is 11.5. The second kappa shape index (κ2) is 4.92. The van der Waals surface area contributed by atoms with Crippen molar-refractivity contribution in [1.82, 2.24) is 8.94 Å². The molecule has 1 aromatic carbocycles. The summed E-state index contributed by atoms with van der Waals surface area (Å²) in [5.41, 5.74) is 0.769. The molecule has 2 N–H and O–H groups in total. The van der Waals surface area contributed by atoms with Crippen molar-refractivity contribution in [3.8, 4) is 5.19 Å². The van der Waals surface area contributed by atoms with Crippen molar-refractivity contribution in [2.75, 3.05) is 6.61 Å². The van der Waals surface area contributed by atoms with E-state index in [2.05, 4.69) is 4.98 Å². The molecule has 1 aromatic heterocycles. The van der Waals surface area contributed by atoms with Crippen LogP contribution in [0.25, 0.3) is 0 Å². The number of hydrogen-bond acceptors (Lipinski definition) is 5. The quantitative estimate of drug-likeness (QED) is 0.640. The number of aromatic nitrogens is 2. The monoisotopic (exact) mass is 248 g/mol. The fourth-order valence-electron chi connectivity index (χ4n) is 1.32. The van der Waals surface area contributed by atoms with Crippen molar-refractivity contribution in [1.29, 1.82) is 10.8 Å². The molecule has 1 heterocycles. The normalized spacial score (nSPS) is 10.2. The summed E-state index contributed by atoms with van der Waals surface area (Å²) in [6, 6.07) is 9.27. The second-order valence-corrected chi connectivity index (χ2v) is 4.13. The molecule has 0 unspecified atom stereocenters. The highest BCUT2D eigenvalue weighted by Crippen LogP contribution is 2.13. The van der Waals surface area contributed by atoms with Crippen LogP contribution in [0.15, 0.2) is 30.3 Å². The zero-order valence-corrected chi connectivity index (χ0v) is 10.1. The average Bonchev–Trinajstić information content (AvgIpc) is 2.71. The Hall–Kier alpha value is -1.95. The molecule has 0 spiro atoms. The zero-order valence-electron chi connectivity index (χ0n) is 9.30. The van der Waals surface area contributed by atoms with E-state index >= 15 is 0 Å². The standard InChI is InChI=1S/C11H12N4OS/c1-2-16-11-14-10(13)15(17-11)9(12)8-6-4-3-5-7-8/h3-7,12-13H,2H2,1H3. The molecule has 17 heavy (non-hydrogen) atoms. The lowest BCUT2D eigenvalue weighted by Gasteiger charge is -2.02. The van der Waals surface area contributed by atoms with Gasteiger partial charge in [0.2, 0.25) is 5.62 Å². The summed E-state index contributed by atoms with van der Waals surface area (Å²) in [6.07, 6.45) is 0. The minimum absolute atomic E-state index is 0.0207. The van der Waals surface area contributed by atoms with Crippen LogP contribution in [-0.4, -0.2) is 21.4 Å². The van der Waals surface area contributed by atoms with E-state index in [0.717, 1.165) is 17.1 Å². The van der Waals surface area contributed by atoms with Gasteiger partial charge in [-0.05, 0) is 6.92 Å². The molecule has 88 valence electrons. The maximum atomic E-state index is 8.01. The predicted octanol–water partition coefficient (Wildman–Crippen LogP) is 1.70. The first-order chi connectivity index (χ1) is 8.22. The van der Waals surface area contributed by atoms with Gasteiger partial charge in [0, 0.05) is 17.1 Å². The maximum Gasteiger partial charge on any atom is 0.293 e. The van der Waals surface area contributed by atoms with Crippen LogP contribution in [0.4, 0.5) is 0 Å². The van der Waals surface area contributed by atoms with Gasteiger partial charge in [-0.2, -0.15) is 4.98 Å². The van der Waals surface area contributed by atoms with E-state index in [1.165, 1.54) is 3.96 Å². The SMILES string of the molecule is CCOc1nc(=N)n(C(=N)c2ccccc2)s1. The summed E-state index contributed by atoms with van der Waals surface area (Å²) in [7, 11) is 0. The van der Waals surface area contributed by atoms with Crippen LogP contribution in [-0.2, 0) is 0 Å². The van der Waals surface area contributed by atoms with Gasteiger partial charge < -0.3 is 4.74 Å². The van der Waals surface area contributed by atoms with Crippen LogP contribution in [0, 0.1) is 10.8 Å². The number of ether oxygens (including phenoxy) is 1. The molecule has 2 rings (SSSR count). The first-order valence-corrected chi connectivity index (χ1v) is 5.92. The largest absolute Gasteiger partial charge is 0.469 e. The number of benzene rings is 1. The number of nitrogens with one attached hydrogen (secondary N) is 2. The molecular formula is C11H12N4OS. The van der Waals surface area contributed by atoms with Gasteiger partial charge in [-0.1, -0.05) is 30.3 Å². The minimum atomic E-state index is 0.0207. The van der Waals surface area contributed by atoms with Crippen molar-refractivity contribution in [2.24, 2.45) is 0 Å². The lowest BCUT2D eigenvalue weighted by atomic mass is 10.2. The number of nitrogens with zero attached hydrogens (tertiary/aromatic N) is 2. The highest BCUT2D eigenvalue weighted by atomic mass is 32.1. The summed E-state index contributed by atoms with van der Waals surface area (Å²) in [5, 5.41) is 16.1. The van der Waals surface area contributed by atoms with Crippen LogP contribution >= 0.6 is 11.5 Å². The summed E-state index contributed by atoms with van der Waals surface area (Å²) >= 11 is 1.16. The third kappa shape index (κ3) is 2.42. The molecule has 2 aromatic rings. The van der Waals surface area contributed by atoms with Crippen molar-refractivity contribution in [3.63, 3.8) is 0 Å². The highest BCUT2D eigenvalue weighted by Gasteiger charge is 2.10. The van der Waals surface area contributed by atoms with E-state index in [1.54, 1.807) is 0 Å². The Labute approximate surface area is 102 Å². The number of hydrogen-bond donors (Lipinski definition) is 2. The molecule has 0 amide bonds. The first-order valence-electron chi connectivity index (χ1n) is 5.14. The van der Waals surface area contributed by atoms with E-state index in [9.17, 15) is 0 Å². The lowest BCUT2D eigenvalue weighted by Crippen LogP contribution is -2.23. The van der Waals surface area contributed by atoms with Gasteiger partial charge in [0.15, 0.2) is 0 Å². The summed E-state index contributed by atoms with van der Waals surface area (Å²) in [6.45, 7) is 2.36. The molecule has 6 heteroatoms. The topological polar surface area (TPSA) is 74.8 Å². The summed E-state index contributed by atoms with van der Waals surface area (Å²) in [4.78, 5) is 3.93. The van der Waals surface area contributed by atoms with Gasteiger partial charge in [-0.3, -0.25) is 10.8 Å². The van der Waals surface area contributed by atoms with Crippen molar-refractivity contribution in [2.45, 2.75) is 6.92 Å². The van der Waals surface area contributed by atoms with Crippen molar-refractivity contribution in [3.05, 3.63) is 41.5 Å². The molecule has 5 nitrogen and oxygen atoms in total.